The van der Waals surface area contributed by atoms with Crippen LogP contribution in [-0.2, 0) is 6.42 Å². The minimum Gasteiger partial charge on any atom is -0.488 e. The van der Waals surface area contributed by atoms with Crippen LogP contribution in [0.3, 0.4) is 0 Å². The fourth-order valence-corrected chi connectivity index (χ4v) is 3.33. The quantitative estimate of drug-likeness (QED) is 0.705. The molecular formula is C22H21NO3. The summed E-state index contributed by atoms with van der Waals surface area (Å²) in [5.41, 5.74) is 2.83. The Hall–Kier alpha value is -3.01. The normalized spacial score (nSPS) is 15.4. The molecule has 0 fully saturated rings. The highest BCUT2D eigenvalue weighted by Crippen LogP contribution is 2.28. The molecule has 4 nitrogen and oxygen atoms in total. The predicted octanol–water partition coefficient (Wildman–Crippen LogP) is 4.33. The van der Waals surface area contributed by atoms with Crippen molar-refractivity contribution in [1.29, 1.82) is 0 Å². The van der Waals surface area contributed by atoms with Crippen LogP contribution in [0.1, 0.15) is 21.7 Å². The van der Waals surface area contributed by atoms with Crippen molar-refractivity contribution in [3.63, 3.8) is 0 Å². The van der Waals surface area contributed by atoms with Crippen molar-refractivity contribution in [2.24, 2.45) is 0 Å². The summed E-state index contributed by atoms with van der Waals surface area (Å²) in [7, 11) is 1.82. The zero-order valence-corrected chi connectivity index (χ0v) is 14.9. The zero-order chi connectivity index (χ0) is 18.1. The summed E-state index contributed by atoms with van der Waals surface area (Å²) in [4.78, 5) is 14.4. The predicted molar refractivity (Wildman–Crippen MR) is 100 cm³/mol. The maximum atomic E-state index is 12.7. The van der Waals surface area contributed by atoms with E-state index in [1.54, 1.807) is 4.90 Å². The molecule has 2 heterocycles. The highest BCUT2D eigenvalue weighted by molar-refractivity contribution is 5.94. The Kier molecular flexibility index (Phi) is 4.25. The van der Waals surface area contributed by atoms with Gasteiger partial charge in [-0.25, -0.2) is 0 Å². The molecule has 1 aromatic heterocycles. The second-order valence-electron chi connectivity index (χ2n) is 6.73. The number of furan rings is 1. The lowest BCUT2D eigenvalue weighted by atomic mass is 10.1. The van der Waals surface area contributed by atoms with Crippen LogP contribution in [0.5, 0.6) is 5.75 Å². The number of carbonyl (C=O) groups is 1. The number of likely N-dealkylation sites (N-methyl/N-ethyl adjacent to an activating group) is 1. The average molecular weight is 347 g/mol. The largest absolute Gasteiger partial charge is 0.488 e. The number of aryl methyl sites for hydroxylation is 1. The number of para-hydroxylation sites is 1. The zero-order valence-electron chi connectivity index (χ0n) is 14.9. The van der Waals surface area contributed by atoms with E-state index in [4.69, 9.17) is 9.15 Å². The number of hydrogen-bond acceptors (Lipinski definition) is 3. The molecule has 3 aromatic rings. The van der Waals surface area contributed by atoms with Crippen LogP contribution in [0.15, 0.2) is 65.1 Å². The average Bonchev–Trinajstić information content (AvgIpc) is 3.26. The summed E-state index contributed by atoms with van der Waals surface area (Å²) in [6.07, 6.45) is 0.844. The second kappa shape index (κ2) is 6.71. The van der Waals surface area contributed by atoms with E-state index in [2.05, 4.69) is 6.07 Å². The molecule has 4 heteroatoms. The van der Waals surface area contributed by atoms with Crippen molar-refractivity contribution < 1.29 is 13.9 Å². The molecule has 0 radical (unpaired) electrons. The molecule has 1 atom stereocenters. The summed E-state index contributed by atoms with van der Waals surface area (Å²) in [6.45, 7) is 2.48. The van der Waals surface area contributed by atoms with E-state index in [-0.39, 0.29) is 12.0 Å². The Morgan fingerprint density at radius 1 is 1.08 bits per heavy atom. The SMILES string of the molecule is Cc1ccc(-c2ccc(C(=O)N(C)CC3Cc4ccccc4O3)cc2)o1. The van der Waals surface area contributed by atoms with Gasteiger partial charge in [-0.05, 0) is 42.8 Å². The van der Waals surface area contributed by atoms with E-state index in [1.807, 2.05) is 68.6 Å². The third kappa shape index (κ3) is 3.23. The van der Waals surface area contributed by atoms with Gasteiger partial charge >= 0.3 is 0 Å². The molecule has 0 saturated heterocycles. The van der Waals surface area contributed by atoms with Crippen molar-refractivity contribution in [2.75, 3.05) is 13.6 Å². The van der Waals surface area contributed by atoms with E-state index in [0.717, 1.165) is 29.3 Å². The van der Waals surface area contributed by atoms with Crippen LogP contribution in [0, 0.1) is 6.92 Å². The Morgan fingerprint density at radius 2 is 1.85 bits per heavy atom. The minimum atomic E-state index is -0.00766. The summed E-state index contributed by atoms with van der Waals surface area (Å²) in [6, 6.07) is 19.4. The van der Waals surface area contributed by atoms with Gasteiger partial charge in [0.25, 0.3) is 5.91 Å². The summed E-state index contributed by atoms with van der Waals surface area (Å²) >= 11 is 0. The lowest BCUT2D eigenvalue weighted by Crippen LogP contribution is -2.36. The van der Waals surface area contributed by atoms with Crippen LogP contribution in [-0.4, -0.2) is 30.5 Å². The molecule has 26 heavy (non-hydrogen) atoms. The number of hydrogen-bond donors (Lipinski definition) is 0. The molecule has 1 aliphatic rings. The molecule has 4 rings (SSSR count). The molecule has 0 bridgehead atoms. The van der Waals surface area contributed by atoms with Crippen LogP contribution in [0.4, 0.5) is 0 Å². The van der Waals surface area contributed by atoms with Crippen molar-refractivity contribution >= 4 is 5.91 Å². The maximum Gasteiger partial charge on any atom is 0.253 e. The van der Waals surface area contributed by atoms with Gasteiger partial charge in [0.15, 0.2) is 0 Å². The van der Waals surface area contributed by atoms with Crippen molar-refractivity contribution in [3.05, 3.63) is 77.6 Å². The fourth-order valence-electron chi connectivity index (χ4n) is 3.33. The molecule has 1 unspecified atom stereocenters. The van der Waals surface area contributed by atoms with Gasteiger partial charge in [-0.2, -0.15) is 0 Å². The number of ether oxygens (including phenoxy) is 1. The van der Waals surface area contributed by atoms with Crippen molar-refractivity contribution in [3.8, 4) is 17.1 Å². The highest BCUT2D eigenvalue weighted by Gasteiger charge is 2.25. The molecule has 0 spiro atoms. The topological polar surface area (TPSA) is 42.7 Å². The lowest BCUT2D eigenvalue weighted by molar-refractivity contribution is 0.0730. The molecule has 0 N–H and O–H groups in total. The smallest absolute Gasteiger partial charge is 0.253 e. The van der Waals surface area contributed by atoms with Crippen molar-refractivity contribution in [1.82, 2.24) is 4.90 Å². The van der Waals surface area contributed by atoms with Gasteiger partial charge in [-0.15, -0.1) is 0 Å². The third-order valence-corrected chi connectivity index (χ3v) is 4.69. The molecule has 0 aliphatic carbocycles. The van der Waals surface area contributed by atoms with E-state index in [9.17, 15) is 4.79 Å². The van der Waals surface area contributed by atoms with Gasteiger partial charge < -0.3 is 14.1 Å². The summed E-state index contributed by atoms with van der Waals surface area (Å²) in [5.74, 6) is 2.60. The number of carbonyl (C=O) groups excluding carboxylic acids is 1. The Morgan fingerprint density at radius 3 is 2.54 bits per heavy atom. The number of amides is 1. The van der Waals surface area contributed by atoms with Gasteiger partial charge in [-0.1, -0.05) is 30.3 Å². The van der Waals surface area contributed by atoms with E-state index >= 15 is 0 Å². The molecule has 1 aliphatic heterocycles. The molecule has 132 valence electrons. The highest BCUT2D eigenvalue weighted by atomic mass is 16.5. The number of benzene rings is 2. The van der Waals surface area contributed by atoms with Crippen molar-refractivity contribution in [2.45, 2.75) is 19.4 Å². The van der Waals surface area contributed by atoms with Gasteiger partial charge in [0.1, 0.15) is 23.4 Å². The van der Waals surface area contributed by atoms with Crippen LogP contribution < -0.4 is 4.74 Å². The maximum absolute atomic E-state index is 12.7. The van der Waals surface area contributed by atoms with E-state index < -0.39 is 0 Å². The number of rotatable bonds is 4. The first-order valence-corrected chi connectivity index (χ1v) is 8.77. The molecule has 0 saturated carbocycles. The Balaban J connectivity index is 1.41. The molecule has 2 aromatic carbocycles. The molecular weight excluding hydrogens is 326 g/mol. The summed E-state index contributed by atoms with van der Waals surface area (Å²) in [5, 5.41) is 0. The van der Waals surface area contributed by atoms with Crippen LogP contribution in [0.2, 0.25) is 0 Å². The Labute approximate surface area is 153 Å². The van der Waals surface area contributed by atoms with E-state index in [1.165, 1.54) is 5.56 Å². The van der Waals surface area contributed by atoms with Gasteiger partial charge in [0, 0.05) is 24.6 Å². The minimum absolute atomic E-state index is 0.00622. The summed E-state index contributed by atoms with van der Waals surface area (Å²) < 4.78 is 11.6. The first-order chi connectivity index (χ1) is 12.6. The number of nitrogens with zero attached hydrogens (tertiary/aromatic N) is 1. The lowest BCUT2D eigenvalue weighted by Gasteiger charge is -2.21. The van der Waals surface area contributed by atoms with E-state index in [0.29, 0.717) is 12.1 Å². The Bertz CT molecular complexity index is 902. The molecule has 1 amide bonds. The van der Waals surface area contributed by atoms with Gasteiger partial charge in [0.05, 0.1) is 6.54 Å². The third-order valence-electron chi connectivity index (χ3n) is 4.69. The van der Waals surface area contributed by atoms with Gasteiger partial charge in [-0.3, -0.25) is 4.79 Å². The monoisotopic (exact) mass is 347 g/mol. The fraction of sp³-hybridized carbons (Fsp3) is 0.227. The standard InChI is InChI=1S/C22H21NO3/c1-15-7-12-21(25-15)16-8-10-17(11-9-16)22(24)23(2)14-19-13-18-5-3-4-6-20(18)26-19/h3-12,19H,13-14H2,1-2H3. The van der Waals surface area contributed by atoms with Gasteiger partial charge in [0.2, 0.25) is 0 Å². The van der Waals surface area contributed by atoms with Crippen LogP contribution >= 0.6 is 0 Å². The number of fused-ring (bicyclic) bond motifs is 1. The first-order valence-electron chi connectivity index (χ1n) is 8.77. The van der Waals surface area contributed by atoms with Crippen LogP contribution in [0.25, 0.3) is 11.3 Å². The second-order valence-corrected chi connectivity index (χ2v) is 6.73. The first kappa shape index (κ1) is 16.5.